The van der Waals surface area contributed by atoms with E-state index in [0.29, 0.717) is 0 Å². The monoisotopic (exact) mass is 307 g/mol. The summed E-state index contributed by atoms with van der Waals surface area (Å²) in [6.07, 6.45) is 0. The average molecular weight is 308 g/mol. The Morgan fingerprint density at radius 1 is 1.06 bits per heavy atom. The van der Waals surface area contributed by atoms with Gasteiger partial charge in [-0.3, -0.25) is 0 Å². The summed E-state index contributed by atoms with van der Waals surface area (Å²) in [4.78, 5) is 2.46. The molecule has 0 fully saturated rings. The third kappa shape index (κ3) is 3.60. The van der Waals surface area contributed by atoms with Crippen molar-refractivity contribution in [3.63, 3.8) is 0 Å². The first-order chi connectivity index (χ1) is 8.15. The predicted molar refractivity (Wildman–Crippen MR) is 77.3 cm³/mol. The molecular weight excluding hydrogens is 294 g/mol. The van der Waals surface area contributed by atoms with Crippen molar-refractivity contribution >= 4 is 27.7 Å². The van der Waals surface area contributed by atoms with Gasteiger partial charge in [0.1, 0.15) is 0 Å². The fourth-order valence-electron chi connectivity index (χ4n) is 1.51. The van der Waals surface area contributed by atoms with Crippen LogP contribution in [0.15, 0.2) is 62.8 Å². The van der Waals surface area contributed by atoms with Crippen molar-refractivity contribution in [1.29, 1.82) is 0 Å². The highest BCUT2D eigenvalue weighted by Gasteiger charge is 2.01. The van der Waals surface area contributed by atoms with E-state index in [9.17, 15) is 0 Å². The fourth-order valence-corrected chi connectivity index (χ4v) is 2.93. The Morgan fingerprint density at radius 3 is 2.35 bits per heavy atom. The zero-order valence-corrected chi connectivity index (χ0v) is 12.0. The molecule has 0 bridgehead atoms. The number of hydrogen-bond acceptors (Lipinski definition) is 2. The van der Waals surface area contributed by atoms with Gasteiger partial charge in [0, 0.05) is 20.3 Å². The topological polar surface area (TPSA) is 26.0 Å². The van der Waals surface area contributed by atoms with Crippen LogP contribution in [-0.2, 0) is 0 Å². The average Bonchev–Trinajstić information content (AvgIpc) is 2.29. The summed E-state index contributed by atoms with van der Waals surface area (Å²) < 4.78 is 1.11. The lowest BCUT2D eigenvalue weighted by Crippen LogP contribution is -2.04. The third-order valence-corrected chi connectivity index (χ3v) is 3.93. The van der Waals surface area contributed by atoms with Crippen LogP contribution in [0.1, 0.15) is 18.5 Å². The van der Waals surface area contributed by atoms with Crippen molar-refractivity contribution in [3.05, 3.63) is 58.6 Å². The zero-order valence-electron chi connectivity index (χ0n) is 9.56. The fraction of sp³-hybridized carbons (Fsp3) is 0.143. The smallest absolute Gasteiger partial charge is 0.0266 e. The molecule has 2 N–H and O–H groups in total. The minimum Gasteiger partial charge on any atom is -0.324 e. The molecule has 2 rings (SSSR count). The molecule has 0 aliphatic rings. The van der Waals surface area contributed by atoms with Crippen LogP contribution in [0.5, 0.6) is 0 Å². The molecule has 0 spiro atoms. The van der Waals surface area contributed by atoms with Gasteiger partial charge < -0.3 is 5.73 Å². The second-order valence-corrected chi connectivity index (χ2v) is 5.98. The van der Waals surface area contributed by atoms with Crippen molar-refractivity contribution in [1.82, 2.24) is 0 Å². The molecule has 0 heterocycles. The molecule has 0 saturated carbocycles. The van der Waals surface area contributed by atoms with Crippen molar-refractivity contribution < 1.29 is 0 Å². The number of rotatable bonds is 3. The normalized spacial score (nSPS) is 12.4. The molecule has 2 aromatic rings. The van der Waals surface area contributed by atoms with Crippen molar-refractivity contribution in [2.45, 2.75) is 22.8 Å². The maximum absolute atomic E-state index is 5.82. The Kier molecular flexibility index (Phi) is 4.26. The maximum Gasteiger partial charge on any atom is 0.0266 e. The Hall–Kier alpha value is -0.770. The lowest BCUT2D eigenvalue weighted by atomic mass is 10.1. The van der Waals surface area contributed by atoms with Crippen LogP contribution in [0, 0.1) is 0 Å². The van der Waals surface area contributed by atoms with E-state index >= 15 is 0 Å². The van der Waals surface area contributed by atoms with Crippen molar-refractivity contribution in [3.8, 4) is 0 Å². The van der Waals surface area contributed by atoms with Gasteiger partial charge >= 0.3 is 0 Å². The van der Waals surface area contributed by atoms with Gasteiger partial charge in [-0.25, -0.2) is 0 Å². The summed E-state index contributed by atoms with van der Waals surface area (Å²) in [5, 5.41) is 0. The first-order valence-corrected chi connectivity index (χ1v) is 7.05. The molecule has 0 radical (unpaired) electrons. The molecule has 0 aromatic heterocycles. The quantitative estimate of drug-likeness (QED) is 0.895. The second-order valence-electron chi connectivity index (χ2n) is 3.92. The molecular formula is C14H14BrNS. The highest BCUT2D eigenvalue weighted by Crippen LogP contribution is 2.29. The molecule has 88 valence electrons. The van der Waals surface area contributed by atoms with Gasteiger partial charge in [-0.05, 0) is 42.8 Å². The summed E-state index contributed by atoms with van der Waals surface area (Å²) in [7, 11) is 0. The molecule has 0 amide bonds. The van der Waals surface area contributed by atoms with Crippen LogP contribution in [-0.4, -0.2) is 0 Å². The summed E-state index contributed by atoms with van der Waals surface area (Å²) in [5.74, 6) is 0. The summed E-state index contributed by atoms with van der Waals surface area (Å²) >= 11 is 5.23. The number of nitrogens with two attached hydrogens (primary N) is 1. The van der Waals surface area contributed by atoms with Crippen LogP contribution in [0.25, 0.3) is 0 Å². The Balaban J connectivity index is 2.14. The van der Waals surface area contributed by atoms with Crippen LogP contribution in [0.2, 0.25) is 0 Å². The largest absolute Gasteiger partial charge is 0.324 e. The molecule has 17 heavy (non-hydrogen) atoms. The number of halogens is 1. The molecule has 2 aromatic carbocycles. The number of hydrogen-bond donors (Lipinski definition) is 1. The molecule has 3 heteroatoms. The van der Waals surface area contributed by atoms with Gasteiger partial charge in [0.15, 0.2) is 0 Å². The number of benzene rings is 2. The highest BCUT2D eigenvalue weighted by molar-refractivity contribution is 9.10. The predicted octanol–water partition coefficient (Wildman–Crippen LogP) is 4.62. The maximum atomic E-state index is 5.82. The van der Waals surface area contributed by atoms with E-state index in [-0.39, 0.29) is 6.04 Å². The van der Waals surface area contributed by atoms with Gasteiger partial charge in [0.2, 0.25) is 0 Å². The molecule has 1 atom stereocenters. The third-order valence-electron chi connectivity index (χ3n) is 2.44. The van der Waals surface area contributed by atoms with Gasteiger partial charge in [0.25, 0.3) is 0 Å². The molecule has 0 aliphatic carbocycles. The van der Waals surface area contributed by atoms with Crippen molar-refractivity contribution in [2.24, 2.45) is 5.73 Å². The van der Waals surface area contributed by atoms with Gasteiger partial charge in [-0.15, -0.1) is 0 Å². The van der Waals surface area contributed by atoms with Crippen LogP contribution < -0.4 is 5.73 Å². The van der Waals surface area contributed by atoms with E-state index in [1.54, 1.807) is 11.8 Å². The van der Waals surface area contributed by atoms with E-state index in [4.69, 9.17) is 5.73 Å². The summed E-state index contributed by atoms with van der Waals surface area (Å²) in [6.45, 7) is 2.00. The lowest BCUT2D eigenvalue weighted by Gasteiger charge is -2.07. The van der Waals surface area contributed by atoms with Gasteiger partial charge in [0.05, 0.1) is 0 Å². The van der Waals surface area contributed by atoms with E-state index in [1.165, 1.54) is 15.4 Å². The summed E-state index contributed by atoms with van der Waals surface area (Å²) in [6, 6.07) is 16.8. The van der Waals surface area contributed by atoms with E-state index in [0.717, 1.165) is 4.47 Å². The van der Waals surface area contributed by atoms with Crippen LogP contribution >= 0.6 is 27.7 Å². The summed E-state index contributed by atoms with van der Waals surface area (Å²) in [5.41, 5.74) is 6.99. The Bertz CT molecular complexity index is 494. The Labute approximate surface area is 115 Å². The first-order valence-electron chi connectivity index (χ1n) is 5.44. The minimum absolute atomic E-state index is 0.0971. The molecule has 0 unspecified atom stereocenters. The van der Waals surface area contributed by atoms with E-state index in [2.05, 4.69) is 52.3 Å². The minimum atomic E-state index is 0.0971. The second kappa shape index (κ2) is 5.71. The molecule has 0 saturated heterocycles. The molecule has 1 nitrogen and oxygen atoms in total. The van der Waals surface area contributed by atoms with E-state index in [1.807, 2.05) is 19.1 Å². The zero-order chi connectivity index (χ0) is 12.3. The standard InChI is InChI=1S/C14H14BrNS/c1-10(16)11-5-7-13(8-6-11)17-14-4-2-3-12(15)9-14/h2-10H,16H2,1H3/t10-/m1/s1. The van der Waals surface area contributed by atoms with Crippen LogP contribution in [0.3, 0.4) is 0 Å². The lowest BCUT2D eigenvalue weighted by molar-refractivity contribution is 0.817. The highest BCUT2D eigenvalue weighted by atomic mass is 79.9. The first kappa shape index (κ1) is 12.7. The SMILES string of the molecule is C[C@@H](N)c1ccc(Sc2cccc(Br)c2)cc1. The van der Waals surface area contributed by atoms with Gasteiger partial charge in [-0.2, -0.15) is 0 Å². The van der Waals surface area contributed by atoms with Crippen molar-refractivity contribution in [2.75, 3.05) is 0 Å². The Morgan fingerprint density at radius 2 is 1.76 bits per heavy atom. The van der Waals surface area contributed by atoms with Gasteiger partial charge in [-0.1, -0.05) is 45.9 Å². The molecule has 0 aliphatic heterocycles. The van der Waals surface area contributed by atoms with Crippen LogP contribution in [0.4, 0.5) is 0 Å². The van der Waals surface area contributed by atoms with E-state index < -0.39 is 0 Å².